The lowest BCUT2D eigenvalue weighted by Gasteiger charge is -2.38. The highest BCUT2D eigenvalue weighted by Gasteiger charge is 2.25. The maximum atomic E-state index is 9.62. The van der Waals surface area contributed by atoms with E-state index in [-0.39, 0.29) is 30.2 Å². The number of aliphatic hydroxyl groups excluding tert-OH is 2. The minimum atomic E-state index is 0. The van der Waals surface area contributed by atoms with Crippen molar-refractivity contribution in [2.24, 2.45) is 0 Å². The fraction of sp³-hybridized carbons (Fsp3) is 1.00. The summed E-state index contributed by atoms with van der Waals surface area (Å²) in [6.45, 7) is 8.93. The molecule has 2 N–H and O–H groups in total. The summed E-state index contributed by atoms with van der Waals surface area (Å²) in [7, 11) is 0. The molecule has 4 heteroatoms. The van der Waals surface area contributed by atoms with Crippen molar-refractivity contribution in [3.05, 3.63) is 0 Å². The molecule has 0 unspecified atom stereocenters. The predicted molar refractivity (Wildman–Crippen MR) is 128 cm³/mol. The molecule has 0 radical (unpaired) electrons. The molecule has 0 saturated heterocycles. The molecule has 0 aliphatic rings. The van der Waals surface area contributed by atoms with Gasteiger partial charge in [0.1, 0.15) is 13.1 Å². The fourth-order valence-electron chi connectivity index (χ4n) is 4.61. The van der Waals surface area contributed by atoms with Crippen molar-refractivity contribution >= 4 is 0 Å². The Hall–Kier alpha value is 0.360. The molecule has 3 nitrogen and oxygen atoms in total. The second-order valence-corrected chi connectivity index (χ2v) is 9.34. The average molecular weight is 495 g/mol. The first-order valence-electron chi connectivity index (χ1n) is 13.3. The van der Waals surface area contributed by atoms with Gasteiger partial charge >= 0.3 is 0 Å². The van der Waals surface area contributed by atoms with Crippen molar-refractivity contribution in [3.63, 3.8) is 0 Å². The molecule has 0 heterocycles. The van der Waals surface area contributed by atoms with Crippen LogP contribution in [0.25, 0.3) is 0 Å². The van der Waals surface area contributed by atoms with Crippen LogP contribution in [-0.2, 0) is 0 Å². The molecule has 184 valence electrons. The molecular formula is C26H56BrNO2. The van der Waals surface area contributed by atoms with Gasteiger partial charge in [0.15, 0.2) is 0 Å². The zero-order valence-electron chi connectivity index (χ0n) is 20.7. The lowest BCUT2D eigenvalue weighted by molar-refractivity contribution is -0.929. The Morgan fingerprint density at radius 3 is 0.933 bits per heavy atom. The van der Waals surface area contributed by atoms with Gasteiger partial charge in [-0.3, -0.25) is 0 Å². The summed E-state index contributed by atoms with van der Waals surface area (Å²) < 4.78 is 0.930. The third-order valence-electron chi connectivity index (χ3n) is 6.62. The zero-order chi connectivity index (χ0) is 21.5. The van der Waals surface area contributed by atoms with E-state index >= 15 is 0 Å². The van der Waals surface area contributed by atoms with Crippen molar-refractivity contribution in [3.8, 4) is 0 Å². The molecule has 0 rings (SSSR count). The van der Waals surface area contributed by atoms with E-state index in [1.165, 1.54) is 116 Å². The maximum Gasteiger partial charge on any atom is 0.102 e. The topological polar surface area (TPSA) is 40.5 Å². The SMILES string of the molecule is CCCCCCCCCCCC[N+](CCO)(CCO)CCCCCCCCCC.[Br-]. The Bertz CT molecular complexity index is 309. The van der Waals surface area contributed by atoms with Gasteiger partial charge in [-0.1, -0.05) is 104 Å². The number of halogens is 1. The molecule has 0 fully saturated rings. The van der Waals surface area contributed by atoms with Crippen molar-refractivity contribution < 1.29 is 31.7 Å². The molecule has 0 spiro atoms. The van der Waals surface area contributed by atoms with Crippen LogP contribution < -0.4 is 17.0 Å². The van der Waals surface area contributed by atoms with E-state index in [1.807, 2.05) is 0 Å². The van der Waals surface area contributed by atoms with E-state index < -0.39 is 0 Å². The third kappa shape index (κ3) is 20.3. The van der Waals surface area contributed by atoms with Crippen LogP contribution >= 0.6 is 0 Å². The molecule has 0 aromatic carbocycles. The van der Waals surface area contributed by atoms with E-state index in [2.05, 4.69) is 13.8 Å². The number of nitrogens with zero attached hydrogens (tertiary/aromatic N) is 1. The van der Waals surface area contributed by atoms with E-state index in [0.29, 0.717) is 0 Å². The highest BCUT2D eigenvalue weighted by atomic mass is 79.9. The standard InChI is InChI=1S/C26H56NO2.BrH/c1-3-5-7-9-11-13-14-16-18-20-22-27(23-25-28,24-26-29)21-19-17-15-12-10-8-6-4-2;/h28-29H,3-26H2,1-2H3;1H/q+1;/p-1. The largest absolute Gasteiger partial charge is 1.00 e. The minimum Gasteiger partial charge on any atom is -1.00 e. The van der Waals surface area contributed by atoms with Crippen LogP contribution in [0.1, 0.15) is 129 Å². The molecule has 30 heavy (non-hydrogen) atoms. The van der Waals surface area contributed by atoms with Gasteiger partial charge in [0.25, 0.3) is 0 Å². The van der Waals surface area contributed by atoms with Gasteiger partial charge in [-0.25, -0.2) is 0 Å². The summed E-state index contributed by atoms with van der Waals surface area (Å²) in [6, 6.07) is 0. The monoisotopic (exact) mass is 493 g/mol. The lowest BCUT2D eigenvalue weighted by Crippen LogP contribution is -3.00. The summed E-state index contributed by atoms with van der Waals surface area (Å²) in [5, 5.41) is 19.2. The number of aliphatic hydroxyl groups is 2. The molecule has 0 aromatic rings. The van der Waals surface area contributed by atoms with E-state index in [1.54, 1.807) is 0 Å². The lowest BCUT2D eigenvalue weighted by atomic mass is 10.1. The summed E-state index contributed by atoms with van der Waals surface area (Å²) in [6.07, 6.45) is 24.4. The van der Waals surface area contributed by atoms with Crippen LogP contribution in [0.3, 0.4) is 0 Å². The highest BCUT2D eigenvalue weighted by molar-refractivity contribution is 4.52. The Labute approximate surface area is 200 Å². The maximum absolute atomic E-state index is 9.62. The smallest absolute Gasteiger partial charge is 0.102 e. The molecule has 0 aromatic heterocycles. The first-order chi connectivity index (χ1) is 14.2. The van der Waals surface area contributed by atoms with Gasteiger partial charge in [-0.2, -0.15) is 0 Å². The highest BCUT2D eigenvalue weighted by Crippen LogP contribution is 2.16. The first kappa shape index (κ1) is 32.5. The second kappa shape index (κ2) is 25.6. The van der Waals surface area contributed by atoms with Crippen molar-refractivity contribution in [2.45, 2.75) is 129 Å². The molecule has 0 amide bonds. The minimum absolute atomic E-state index is 0. The zero-order valence-corrected chi connectivity index (χ0v) is 22.3. The van der Waals surface area contributed by atoms with Crippen LogP contribution in [-0.4, -0.2) is 54.1 Å². The van der Waals surface area contributed by atoms with E-state index in [0.717, 1.165) is 30.7 Å². The normalized spacial score (nSPS) is 11.6. The number of hydrogen-bond donors (Lipinski definition) is 2. The Morgan fingerprint density at radius 1 is 0.400 bits per heavy atom. The van der Waals surface area contributed by atoms with Gasteiger partial charge in [0.05, 0.1) is 26.3 Å². The van der Waals surface area contributed by atoms with Crippen LogP contribution in [0, 0.1) is 0 Å². The number of hydrogen-bond acceptors (Lipinski definition) is 2. The molecule has 0 aliphatic heterocycles. The first-order valence-corrected chi connectivity index (χ1v) is 13.3. The van der Waals surface area contributed by atoms with Crippen molar-refractivity contribution in [1.29, 1.82) is 0 Å². The van der Waals surface area contributed by atoms with Gasteiger partial charge in [0.2, 0.25) is 0 Å². The van der Waals surface area contributed by atoms with Gasteiger partial charge in [0, 0.05) is 0 Å². The van der Waals surface area contributed by atoms with Crippen molar-refractivity contribution in [1.82, 2.24) is 0 Å². The van der Waals surface area contributed by atoms with E-state index in [4.69, 9.17) is 0 Å². The summed E-state index contributed by atoms with van der Waals surface area (Å²) in [5.41, 5.74) is 0. The average Bonchev–Trinajstić information content (AvgIpc) is 2.72. The van der Waals surface area contributed by atoms with Crippen LogP contribution in [0.4, 0.5) is 0 Å². The summed E-state index contributed by atoms with van der Waals surface area (Å²) in [5.74, 6) is 0. The van der Waals surface area contributed by atoms with Crippen molar-refractivity contribution in [2.75, 3.05) is 39.4 Å². The third-order valence-corrected chi connectivity index (χ3v) is 6.62. The van der Waals surface area contributed by atoms with Crippen LogP contribution in [0.2, 0.25) is 0 Å². The van der Waals surface area contributed by atoms with Gasteiger partial charge in [-0.15, -0.1) is 0 Å². The second-order valence-electron chi connectivity index (χ2n) is 9.34. The molecule has 0 atom stereocenters. The molecular weight excluding hydrogens is 438 g/mol. The Balaban J connectivity index is 0. The molecule has 0 bridgehead atoms. The fourth-order valence-corrected chi connectivity index (χ4v) is 4.61. The van der Waals surface area contributed by atoms with Crippen LogP contribution in [0.15, 0.2) is 0 Å². The van der Waals surface area contributed by atoms with Gasteiger partial charge in [-0.05, 0) is 25.7 Å². The number of rotatable bonds is 24. The Kier molecular flexibility index (Phi) is 27.8. The molecule has 0 saturated carbocycles. The number of unbranched alkanes of at least 4 members (excludes halogenated alkanes) is 16. The summed E-state index contributed by atoms with van der Waals surface area (Å²) in [4.78, 5) is 0. The Morgan fingerprint density at radius 2 is 0.667 bits per heavy atom. The molecule has 0 aliphatic carbocycles. The van der Waals surface area contributed by atoms with E-state index in [9.17, 15) is 10.2 Å². The van der Waals surface area contributed by atoms with Crippen LogP contribution in [0.5, 0.6) is 0 Å². The predicted octanol–water partition coefficient (Wildman–Crippen LogP) is 3.85. The summed E-state index contributed by atoms with van der Waals surface area (Å²) >= 11 is 0. The quantitative estimate of drug-likeness (QED) is 0.158. The number of quaternary nitrogens is 1. The van der Waals surface area contributed by atoms with Gasteiger partial charge < -0.3 is 31.7 Å².